The molecule has 0 radical (unpaired) electrons. The number of ether oxygens (including phenoxy) is 1. The van der Waals surface area contributed by atoms with Gasteiger partial charge in [-0.25, -0.2) is 4.79 Å². The van der Waals surface area contributed by atoms with E-state index in [0.717, 1.165) is 16.5 Å². The van der Waals surface area contributed by atoms with Gasteiger partial charge in [0, 0.05) is 22.7 Å². The fraction of sp³-hybridized carbons (Fsp3) is 0.182. The number of aromatic nitrogens is 1. The number of rotatable bonds is 2. The van der Waals surface area contributed by atoms with Crippen molar-refractivity contribution in [3.8, 4) is 0 Å². The van der Waals surface area contributed by atoms with Crippen molar-refractivity contribution in [1.82, 2.24) is 4.98 Å². The van der Waals surface area contributed by atoms with E-state index in [1.54, 1.807) is 24.4 Å². The molecule has 0 aliphatic heterocycles. The van der Waals surface area contributed by atoms with Crippen LogP contribution < -0.4 is 0 Å². The fourth-order valence-electron chi connectivity index (χ4n) is 1.56. The molecule has 15 heavy (non-hydrogen) atoms. The number of esters is 1. The summed E-state index contributed by atoms with van der Waals surface area (Å²) in [6.07, 6.45) is 1.73. The number of aliphatic hydroxyl groups excluding tert-OH is 1. The molecule has 1 aromatic carbocycles. The maximum absolute atomic E-state index is 11.2. The third-order valence-electron chi connectivity index (χ3n) is 2.36. The molecule has 1 aromatic heterocycles. The lowest BCUT2D eigenvalue weighted by atomic mass is 10.1. The van der Waals surface area contributed by atoms with Gasteiger partial charge < -0.3 is 14.8 Å². The maximum atomic E-state index is 11.2. The molecule has 1 heterocycles. The van der Waals surface area contributed by atoms with E-state index in [9.17, 15) is 4.79 Å². The van der Waals surface area contributed by atoms with Gasteiger partial charge in [-0.05, 0) is 12.1 Å². The van der Waals surface area contributed by atoms with Crippen LogP contribution in [0.2, 0.25) is 0 Å². The Morgan fingerprint density at radius 1 is 1.53 bits per heavy atom. The van der Waals surface area contributed by atoms with Crippen LogP contribution in [0.4, 0.5) is 0 Å². The van der Waals surface area contributed by atoms with Crippen LogP contribution in [0.15, 0.2) is 24.4 Å². The van der Waals surface area contributed by atoms with Gasteiger partial charge in [-0.2, -0.15) is 0 Å². The van der Waals surface area contributed by atoms with Crippen molar-refractivity contribution >= 4 is 16.9 Å². The minimum Gasteiger partial charge on any atom is -0.465 e. The van der Waals surface area contributed by atoms with Gasteiger partial charge in [-0.1, -0.05) is 6.07 Å². The molecule has 2 aromatic rings. The predicted molar refractivity (Wildman–Crippen MR) is 55.6 cm³/mol. The van der Waals surface area contributed by atoms with Crippen LogP contribution in [-0.4, -0.2) is 23.2 Å². The largest absolute Gasteiger partial charge is 0.465 e. The Morgan fingerprint density at radius 3 is 3.00 bits per heavy atom. The second-order valence-corrected chi connectivity index (χ2v) is 3.22. The number of hydrogen-bond acceptors (Lipinski definition) is 3. The Balaban J connectivity index is 2.53. The zero-order valence-electron chi connectivity index (χ0n) is 8.28. The van der Waals surface area contributed by atoms with Crippen LogP contribution in [0.5, 0.6) is 0 Å². The third kappa shape index (κ3) is 1.59. The zero-order valence-corrected chi connectivity index (χ0v) is 8.28. The summed E-state index contributed by atoms with van der Waals surface area (Å²) in [7, 11) is 1.35. The van der Waals surface area contributed by atoms with E-state index in [1.807, 2.05) is 0 Å². The van der Waals surface area contributed by atoms with E-state index in [0.29, 0.717) is 5.56 Å². The molecule has 0 saturated carbocycles. The molecule has 0 bridgehead atoms. The highest BCUT2D eigenvalue weighted by molar-refractivity contribution is 5.95. The van der Waals surface area contributed by atoms with E-state index in [-0.39, 0.29) is 12.6 Å². The topological polar surface area (TPSA) is 62.3 Å². The molecule has 0 fully saturated rings. The molecule has 0 saturated heterocycles. The second-order valence-electron chi connectivity index (χ2n) is 3.22. The number of carbonyl (C=O) groups excluding carboxylic acids is 1. The molecule has 0 amide bonds. The summed E-state index contributed by atoms with van der Waals surface area (Å²) in [5, 5.41) is 9.96. The summed E-state index contributed by atoms with van der Waals surface area (Å²) in [6, 6.07) is 5.19. The number of H-pyrrole nitrogens is 1. The highest BCUT2D eigenvalue weighted by Crippen LogP contribution is 2.19. The monoisotopic (exact) mass is 205 g/mol. The second kappa shape index (κ2) is 3.74. The first-order chi connectivity index (χ1) is 7.26. The third-order valence-corrected chi connectivity index (χ3v) is 2.36. The molecular formula is C11H11NO3. The van der Waals surface area contributed by atoms with Crippen molar-refractivity contribution in [1.29, 1.82) is 0 Å². The summed E-state index contributed by atoms with van der Waals surface area (Å²) >= 11 is 0. The first-order valence-electron chi connectivity index (χ1n) is 4.55. The van der Waals surface area contributed by atoms with Gasteiger partial charge >= 0.3 is 5.97 Å². The average Bonchev–Trinajstić information content (AvgIpc) is 2.69. The Hall–Kier alpha value is -1.81. The lowest BCUT2D eigenvalue weighted by Gasteiger charge is -1.99. The number of fused-ring (bicyclic) bond motifs is 1. The molecule has 4 nitrogen and oxygen atoms in total. The molecule has 0 atom stereocenters. The predicted octanol–water partition coefficient (Wildman–Crippen LogP) is 1.45. The number of carbonyl (C=O) groups is 1. The minimum atomic E-state index is -0.364. The van der Waals surface area contributed by atoms with Crippen LogP contribution in [0.3, 0.4) is 0 Å². The van der Waals surface area contributed by atoms with Gasteiger partial charge in [-0.15, -0.1) is 0 Å². The molecule has 0 aliphatic rings. The zero-order chi connectivity index (χ0) is 10.8. The Labute approximate surface area is 86.5 Å². The lowest BCUT2D eigenvalue weighted by Crippen LogP contribution is -2.00. The summed E-state index contributed by atoms with van der Waals surface area (Å²) < 4.78 is 4.62. The van der Waals surface area contributed by atoms with E-state index < -0.39 is 0 Å². The molecule has 2 rings (SSSR count). The van der Waals surface area contributed by atoms with Crippen LogP contribution in [-0.2, 0) is 11.3 Å². The standard InChI is InChI=1S/C11H11NO3/c1-15-11(14)7-2-3-9-8(6-13)5-12-10(9)4-7/h2-5,12-13H,6H2,1H3. The van der Waals surface area contributed by atoms with Crippen LogP contribution >= 0.6 is 0 Å². The van der Waals surface area contributed by atoms with Gasteiger partial charge in [0.05, 0.1) is 19.3 Å². The molecule has 78 valence electrons. The quantitative estimate of drug-likeness (QED) is 0.729. The van der Waals surface area contributed by atoms with E-state index in [1.165, 1.54) is 7.11 Å². The number of nitrogens with one attached hydrogen (secondary N) is 1. The van der Waals surface area contributed by atoms with E-state index in [2.05, 4.69) is 9.72 Å². The number of hydrogen-bond donors (Lipinski definition) is 2. The lowest BCUT2D eigenvalue weighted by molar-refractivity contribution is 0.0601. The normalized spacial score (nSPS) is 10.5. The average molecular weight is 205 g/mol. The first kappa shape index (κ1) is 9.73. The Bertz CT molecular complexity index is 502. The molecule has 2 N–H and O–H groups in total. The fourth-order valence-corrected chi connectivity index (χ4v) is 1.56. The van der Waals surface area contributed by atoms with Gasteiger partial charge in [0.15, 0.2) is 0 Å². The molecule has 4 heteroatoms. The van der Waals surface area contributed by atoms with Crippen LogP contribution in [0.25, 0.3) is 10.9 Å². The van der Waals surface area contributed by atoms with Crippen molar-refractivity contribution in [2.75, 3.05) is 7.11 Å². The SMILES string of the molecule is COC(=O)c1ccc2c(CO)c[nH]c2c1. The minimum absolute atomic E-state index is 0.0163. The molecular weight excluding hydrogens is 194 g/mol. The van der Waals surface area contributed by atoms with Gasteiger partial charge in [0.2, 0.25) is 0 Å². The van der Waals surface area contributed by atoms with Crippen molar-refractivity contribution in [3.05, 3.63) is 35.5 Å². The number of benzene rings is 1. The van der Waals surface area contributed by atoms with Crippen molar-refractivity contribution < 1.29 is 14.6 Å². The van der Waals surface area contributed by atoms with Crippen LogP contribution in [0.1, 0.15) is 15.9 Å². The van der Waals surface area contributed by atoms with Crippen LogP contribution in [0, 0.1) is 0 Å². The molecule has 0 unspecified atom stereocenters. The number of methoxy groups -OCH3 is 1. The van der Waals surface area contributed by atoms with Crippen molar-refractivity contribution in [3.63, 3.8) is 0 Å². The Morgan fingerprint density at radius 2 is 2.33 bits per heavy atom. The summed E-state index contributed by atoms with van der Waals surface area (Å²) in [4.78, 5) is 14.2. The molecule has 0 spiro atoms. The summed E-state index contributed by atoms with van der Waals surface area (Å²) in [6.45, 7) is -0.0163. The maximum Gasteiger partial charge on any atom is 0.337 e. The van der Waals surface area contributed by atoms with Crippen molar-refractivity contribution in [2.45, 2.75) is 6.61 Å². The number of aromatic amines is 1. The van der Waals surface area contributed by atoms with Gasteiger partial charge in [0.1, 0.15) is 0 Å². The highest BCUT2D eigenvalue weighted by atomic mass is 16.5. The molecule has 0 aliphatic carbocycles. The summed E-state index contributed by atoms with van der Waals surface area (Å²) in [5.41, 5.74) is 2.14. The summed E-state index contributed by atoms with van der Waals surface area (Å²) in [5.74, 6) is -0.364. The highest BCUT2D eigenvalue weighted by Gasteiger charge is 2.08. The van der Waals surface area contributed by atoms with Crippen molar-refractivity contribution in [2.24, 2.45) is 0 Å². The van der Waals surface area contributed by atoms with E-state index in [4.69, 9.17) is 5.11 Å². The number of aliphatic hydroxyl groups is 1. The van der Waals surface area contributed by atoms with E-state index >= 15 is 0 Å². The Kier molecular flexibility index (Phi) is 2.43. The van der Waals surface area contributed by atoms with Gasteiger partial charge in [0.25, 0.3) is 0 Å². The van der Waals surface area contributed by atoms with Gasteiger partial charge in [-0.3, -0.25) is 0 Å². The first-order valence-corrected chi connectivity index (χ1v) is 4.55. The smallest absolute Gasteiger partial charge is 0.337 e.